The number of rotatable bonds is 0. The lowest BCUT2D eigenvalue weighted by atomic mass is 9.79. The second-order valence-electron chi connectivity index (χ2n) is 20.9. The number of carbonyl (C=O) groups excluding carboxylic acids is 2. The Morgan fingerprint density at radius 1 is 0.377 bits per heavy atom. The van der Waals surface area contributed by atoms with Gasteiger partial charge in [-0.25, -0.2) is 9.59 Å². The number of phenolic OH excluding ortho intramolecular Hbond substituents is 2. The summed E-state index contributed by atoms with van der Waals surface area (Å²) in [5.74, 6) is 0.190. The Morgan fingerprint density at radius 3 is 0.869 bits per heavy atom. The van der Waals surface area contributed by atoms with Crippen LogP contribution in [0.5, 0.6) is 23.0 Å². The van der Waals surface area contributed by atoms with Crippen LogP contribution in [0, 0.1) is 0 Å². The van der Waals surface area contributed by atoms with Gasteiger partial charge in [-0.3, -0.25) is 0 Å². The molecule has 9 nitrogen and oxygen atoms in total. The van der Waals surface area contributed by atoms with Crippen molar-refractivity contribution >= 4 is 11.9 Å². The zero-order valence-electron chi connectivity index (χ0n) is 38.4. The number of fused-ring (bicyclic) bond motifs is 2. The van der Waals surface area contributed by atoms with Crippen molar-refractivity contribution in [3.8, 4) is 23.0 Å². The number of benzene rings is 4. The van der Waals surface area contributed by atoms with E-state index < -0.39 is 11.9 Å². The molecule has 1 heterocycles. The fraction of sp³-hybridized carbons (Fsp3) is 0.500. The molecular weight excluding hydrogens is 769 g/mol. The highest BCUT2D eigenvalue weighted by Crippen LogP contribution is 2.44. The van der Waals surface area contributed by atoms with Crippen LogP contribution in [-0.4, -0.2) is 61.8 Å². The summed E-state index contributed by atoms with van der Waals surface area (Å²) in [7, 11) is 0. The molecule has 4 aromatic rings. The molecule has 2 aliphatic rings. The minimum absolute atomic E-state index is 0.00939. The van der Waals surface area contributed by atoms with Crippen molar-refractivity contribution in [2.75, 3.05) is 39.6 Å². The first-order valence-electron chi connectivity index (χ1n) is 21.6. The van der Waals surface area contributed by atoms with E-state index in [-0.39, 0.29) is 72.8 Å². The summed E-state index contributed by atoms with van der Waals surface area (Å²) < 4.78 is 29.6. The van der Waals surface area contributed by atoms with Crippen LogP contribution < -0.4 is 9.47 Å². The highest BCUT2D eigenvalue weighted by molar-refractivity contribution is 5.72. The largest absolute Gasteiger partial charge is 0.507 e. The van der Waals surface area contributed by atoms with E-state index in [4.69, 9.17) is 23.7 Å². The van der Waals surface area contributed by atoms with Gasteiger partial charge in [-0.2, -0.15) is 0 Å². The summed E-state index contributed by atoms with van der Waals surface area (Å²) >= 11 is 0. The molecule has 0 radical (unpaired) electrons. The predicted octanol–water partition coefficient (Wildman–Crippen LogP) is 9.84. The number of ether oxygens (including phenoxy) is 5. The van der Waals surface area contributed by atoms with Gasteiger partial charge in [0, 0.05) is 25.7 Å². The maximum absolute atomic E-state index is 13.2. The van der Waals surface area contributed by atoms with Gasteiger partial charge in [0.25, 0.3) is 0 Å². The molecule has 10 bridgehead atoms. The second kappa shape index (κ2) is 17.4. The van der Waals surface area contributed by atoms with Gasteiger partial charge in [0.2, 0.25) is 0 Å². The van der Waals surface area contributed by atoms with Crippen LogP contribution in [0.15, 0.2) is 48.5 Å². The standard InChI is InChI=1S/C52H66O9/c1-49(2,3)39-21-31-17-35-25-41(51(7,8)9)27-37-19-33-23-40(50(4,5)6)24-34(46(33)56)20-38-28-42(52(10,11)12)26-36(18-32(22-39)45(31)55)48(38)61-30-44(54)59-16-14-57-13-15-58-43(53)29-60-47(35)37/h21-28,55-56H,13-20,29-30H2,1-12H3. The molecule has 328 valence electrons. The van der Waals surface area contributed by atoms with Crippen LogP contribution in [0.4, 0.5) is 0 Å². The Bertz CT molecular complexity index is 2030. The minimum Gasteiger partial charge on any atom is -0.507 e. The Hall–Kier alpha value is -5.02. The Labute approximate surface area is 362 Å². The van der Waals surface area contributed by atoms with Gasteiger partial charge in [-0.1, -0.05) is 132 Å². The van der Waals surface area contributed by atoms with E-state index in [0.29, 0.717) is 59.4 Å². The predicted molar refractivity (Wildman–Crippen MR) is 239 cm³/mol. The molecule has 9 heteroatoms. The fourth-order valence-electron chi connectivity index (χ4n) is 7.89. The third kappa shape index (κ3) is 10.9. The third-order valence-electron chi connectivity index (χ3n) is 11.7. The second-order valence-corrected chi connectivity index (χ2v) is 20.9. The van der Waals surface area contributed by atoms with Gasteiger partial charge in [-0.05, 0) is 88.4 Å². The SMILES string of the molecule is CC(C)(C)c1cc2c(O)c(c1)Cc1cc(C(C)(C)C)cc3c1OCC(=O)OCCOCCOC(=O)COc1c(cc(C(C)(C)C)cc1Cc1cc(C(C)(C)C)cc(c1O)C3)C2. The molecule has 0 unspecified atom stereocenters. The zero-order chi connectivity index (χ0) is 44.7. The summed E-state index contributed by atoms with van der Waals surface area (Å²) in [6.07, 6.45) is 1.17. The van der Waals surface area contributed by atoms with Crippen LogP contribution in [0.2, 0.25) is 0 Å². The number of carbonyl (C=O) groups is 2. The molecule has 1 aliphatic carbocycles. The summed E-state index contributed by atoms with van der Waals surface area (Å²) in [6.45, 7) is 25.4. The van der Waals surface area contributed by atoms with Crippen molar-refractivity contribution in [3.63, 3.8) is 0 Å². The number of hydrogen-bond acceptors (Lipinski definition) is 9. The monoisotopic (exact) mass is 834 g/mol. The minimum atomic E-state index is -0.570. The lowest BCUT2D eigenvalue weighted by Gasteiger charge is -2.28. The van der Waals surface area contributed by atoms with Gasteiger partial charge in [0.1, 0.15) is 36.2 Å². The molecule has 4 aromatic carbocycles. The number of hydrogen-bond donors (Lipinski definition) is 2. The van der Waals surface area contributed by atoms with Crippen molar-refractivity contribution in [2.45, 2.75) is 130 Å². The highest BCUT2D eigenvalue weighted by atomic mass is 16.6. The first kappa shape index (κ1) is 45.5. The van der Waals surface area contributed by atoms with Crippen molar-refractivity contribution in [2.24, 2.45) is 0 Å². The van der Waals surface area contributed by atoms with E-state index in [1.165, 1.54) is 0 Å². The summed E-state index contributed by atoms with van der Waals surface area (Å²) in [6, 6.07) is 16.7. The molecule has 0 atom stereocenters. The molecule has 0 amide bonds. The number of aromatic hydroxyl groups is 2. The lowest BCUT2D eigenvalue weighted by molar-refractivity contribution is -0.149. The van der Waals surface area contributed by atoms with Crippen molar-refractivity contribution in [1.82, 2.24) is 0 Å². The highest BCUT2D eigenvalue weighted by Gasteiger charge is 2.29. The summed E-state index contributed by atoms with van der Waals surface area (Å²) in [5.41, 5.74) is 9.09. The van der Waals surface area contributed by atoms with E-state index >= 15 is 0 Å². The normalized spacial score (nSPS) is 16.2. The maximum Gasteiger partial charge on any atom is 0.344 e. The molecule has 0 fully saturated rings. The lowest BCUT2D eigenvalue weighted by Crippen LogP contribution is -2.22. The molecule has 0 saturated heterocycles. The van der Waals surface area contributed by atoms with E-state index in [1.54, 1.807) is 0 Å². The van der Waals surface area contributed by atoms with Crippen molar-refractivity contribution in [1.29, 1.82) is 0 Å². The van der Waals surface area contributed by atoms with Gasteiger partial charge < -0.3 is 33.9 Å². The topological polar surface area (TPSA) is 121 Å². The van der Waals surface area contributed by atoms with E-state index in [0.717, 1.165) is 44.5 Å². The van der Waals surface area contributed by atoms with Crippen LogP contribution in [0.3, 0.4) is 0 Å². The van der Waals surface area contributed by atoms with Crippen LogP contribution in [0.1, 0.15) is 150 Å². The molecule has 6 rings (SSSR count). The molecule has 0 saturated carbocycles. The fourth-order valence-corrected chi connectivity index (χ4v) is 7.89. The number of esters is 2. The molecule has 0 aromatic heterocycles. The van der Waals surface area contributed by atoms with Crippen LogP contribution in [0.25, 0.3) is 0 Å². The molecule has 0 spiro atoms. The van der Waals surface area contributed by atoms with E-state index in [2.05, 4.69) is 132 Å². The Kier molecular flexibility index (Phi) is 13.0. The average Bonchev–Trinajstić information content (AvgIpc) is 3.14. The third-order valence-corrected chi connectivity index (χ3v) is 11.7. The summed E-state index contributed by atoms with van der Waals surface area (Å²) in [5, 5.41) is 24.9. The first-order chi connectivity index (χ1) is 28.4. The smallest absolute Gasteiger partial charge is 0.344 e. The Morgan fingerprint density at radius 2 is 0.623 bits per heavy atom. The quantitative estimate of drug-likeness (QED) is 0.147. The van der Waals surface area contributed by atoms with Crippen molar-refractivity contribution in [3.05, 3.63) is 115 Å². The average molecular weight is 835 g/mol. The first-order valence-corrected chi connectivity index (χ1v) is 21.6. The number of cyclic esters (lactones) is 2. The molecule has 1 aliphatic heterocycles. The Balaban J connectivity index is 1.74. The zero-order valence-corrected chi connectivity index (χ0v) is 38.4. The van der Waals surface area contributed by atoms with Crippen LogP contribution >= 0.6 is 0 Å². The van der Waals surface area contributed by atoms with Gasteiger partial charge in [0.05, 0.1) is 13.2 Å². The van der Waals surface area contributed by atoms with Crippen molar-refractivity contribution < 1.29 is 43.5 Å². The van der Waals surface area contributed by atoms with Gasteiger partial charge in [0.15, 0.2) is 13.2 Å². The van der Waals surface area contributed by atoms with Crippen LogP contribution in [-0.2, 0) is 71.1 Å². The summed E-state index contributed by atoms with van der Waals surface area (Å²) in [4.78, 5) is 26.5. The molecule has 2 N–H and O–H groups in total. The van der Waals surface area contributed by atoms with Gasteiger partial charge >= 0.3 is 11.9 Å². The molecular formula is C52H66O9. The van der Waals surface area contributed by atoms with Gasteiger partial charge in [-0.15, -0.1) is 0 Å². The van der Waals surface area contributed by atoms with E-state index in [1.807, 2.05) is 0 Å². The number of phenols is 2. The van der Waals surface area contributed by atoms with E-state index in [9.17, 15) is 19.8 Å². The molecule has 61 heavy (non-hydrogen) atoms. The maximum atomic E-state index is 13.2.